The molecule has 1 heteroatoms. The van der Waals surface area contributed by atoms with Crippen LogP contribution in [0.1, 0.15) is 38.8 Å². The Morgan fingerprint density at radius 3 is 1.71 bits per heavy atom. The normalized spacial score (nSPS) is 28.6. The molecule has 0 saturated heterocycles. The molecular weight excluding hydrogens is 256 g/mol. The van der Waals surface area contributed by atoms with Gasteiger partial charge < -0.3 is 4.74 Å². The number of hydrogen-bond acceptors (Lipinski definition) is 1. The molecule has 0 amide bonds. The van der Waals surface area contributed by atoms with Gasteiger partial charge in [0.1, 0.15) is 5.60 Å². The molecule has 1 heterocycles. The van der Waals surface area contributed by atoms with Crippen molar-refractivity contribution in [2.75, 3.05) is 0 Å². The molecule has 1 aliphatic heterocycles. The number of allylic oxidation sites excluding steroid dienone is 1. The molecule has 1 nitrogen and oxygen atoms in total. The van der Waals surface area contributed by atoms with Gasteiger partial charge in [-0.15, -0.1) is 0 Å². The zero-order valence-corrected chi connectivity index (χ0v) is 13.2. The monoisotopic (exact) mass is 278 g/mol. The van der Waals surface area contributed by atoms with Crippen molar-refractivity contribution in [2.24, 2.45) is 0 Å². The summed E-state index contributed by atoms with van der Waals surface area (Å²) in [5.41, 5.74) is 3.27. The van der Waals surface area contributed by atoms with Gasteiger partial charge in [0.05, 0.1) is 11.2 Å². The lowest BCUT2D eigenvalue weighted by atomic mass is 9.64. The minimum absolute atomic E-state index is 0.167. The van der Waals surface area contributed by atoms with Gasteiger partial charge in [0.2, 0.25) is 0 Å². The molecule has 1 aliphatic rings. The van der Waals surface area contributed by atoms with Crippen molar-refractivity contribution in [3.63, 3.8) is 0 Å². The molecule has 0 N–H and O–H groups in total. The summed E-state index contributed by atoms with van der Waals surface area (Å²) in [5.74, 6) is 1.03. The van der Waals surface area contributed by atoms with Gasteiger partial charge in [-0.1, -0.05) is 60.7 Å². The van der Waals surface area contributed by atoms with Crippen LogP contribution in [-0.4, -0.2) is 0 Å². The summed E-state index contributed by atoms with van der Waals surface area (Å²) in [5, 5.41) is 0. The summed E-state index contributed by atoms with van der Waals surface area (Å²) in [6, 6.07) is 21.2. The lowest BCUT2D eigenvalue weighted by Gasteiger charge is -2.42. The third-order valence-electron chi connectivity index (χ3n) is 5.27. The number of rotatable bonds is 2. The van der Waals surface area contributed by atoms with Crippen LogP contribution in [0.3, 0.4) is 0 Å². The average molecular weight is 278 g/mol. The molecule has 0 aromatic heterocycles. The van der Waals surface area contributed by atoms with Gasteiger partial charge in [0.15, 0.2) is 0 Å². The first-order valence-electron chi connectivity index (χ1n) is 7.48. The highest BCUT2D eigenvalue weighted by atomic mass is 16.5. The Bertz CT molecular complexity index is 671. The Labute approximate surface area is 127 Å². The maximum atomic E-state index is 6.40. The van der Waals surface area contributed by atoms with E-state index in [-0.39, 0.29) is 11.0 Å². The molecule has 2 atom stereocenters. The molecule has 0 radical (unpaired) electrons. The van der Waals surface area contributed by atoms with Crippen LogP contribution in [-0.2, 0) is 15.8 Å². The summed E-state index contributed by atoms with van der Waals surface area (Å²) >= 11 is 0. The van der Waals surface area contributed by atoms with Crippen LogP contribution in [0, 0.1) is 0 Å². The quantitative estimate of drug-likeness (QED) is 0.735. The average Bonchev–Trinajstić information content (AvgIpc) is 2.71. The molecule has 0 fully saturated rings. The first-order valence-corrected chi connectivity index (χ1v) is 7.48. The summed E-state index contributed by atoms with van der Waals surface area (Å²) in [6.07, 6.45) is 0. The second-order valence-electron chi connectivity index (χ2n) is 6.17. The van der Waals surface area contributed by atoms with Crippen molar-refractivity contribution >= 4 is 0 Å². The van der Waals surface area contributed by atoms with Gasteiger partial charge in [0, 0.05) is 0 Å². The highest BCUT2D eigenvalue weighted by Crippen LogP contribution is 2.55. The first kappa shape index (κ1) is 13.9. The van der Waals surface area contributed by atoms with E-state index < -0.39 is 0 Å². The largest absolute Gasteiger partial charge is 0.486 e. The Kier molecular flexibility index (Phi) is 3.16. The Morgan fingerprint density at radius 1 is 0.714 bits per heavy atom. The van der Waals surface area contributed by atoms with Gasteiger partial charge in [0.25, 0.3) is 0 Å². The van der Waals surface area contributed by atoms with Crippen LogP contribution in [0.25, 0.3) is 0 Å². The zero-order valence-electron chi connectivity index (χ0n) is 13.2. The highest BCUT2D eigenvalue weighted by Gasteiger charge is 2.55. The second kappa shape index (κ2) is 4.77. The Morgan fingerprint density at radius 2 is 1.19 bits per heavy atom. The fourth-order valence-corrected chi connectivity index (χ4v) is 3.56. The number of ether oxygens (including phenoxy) is 1. The molecule has 2 aromatic rings. The van der Waals surface area contributed by atoms with E-state index in [0.29, 0.717) is 0 Å². The zero-order chi connectivity index (χ0) is 15.1. The molecule has 3 rings (SSSR count). The van der Waals surface area contributed by atoms with Gasteiger partial charge in [-0.3, -0.25) is 0 Å². The van der Waals surface area contributed by atoms with Crippen molar-refractivity contribution in [1.29, 1.82) is 0 Å². The molecule has 0 saturated carbocycles. The van der Waals surface area contributed by atoms with Gasteiger partial charge >= 0.3 is 0 Å². The minimum atomic E-state index is -0.385. The molecule has 0 spiro atoms. The van der Waals surface area contributed by atoms with Gasteiger partial charge in [-0.2, -0.15) is 0 Å². The van der Waals surface area contributed by atoms with Crippen LogP contribution < -0.4 is 0 Å². The van der Waals surface area contributed by atoms with Gasteiger partial charge in [-0.05, 0) is 44.4 Å². The topological polar surface area (TPSA) is 9.23 Å². The predicted molar refractivity (Wildman–Crippen MR) is 87.0 cm³/mol. The number of benzene rings is 2. The third-order valence-corrected chi connectivity index (χ3v) is 5.27. The van der Waals surface area contributed by atoms with Crippen molar-refractivity contribution in [3.05, 3.63) is 83.1 Å². The van der Waals surface area contributed by atoms with E-state index in [2.05, 4.69) is 88.4 Å². The fourth-order valence-electron chi connectivity index (χ4n) is 3.56. The van der Waals surface area contributed by atoms with E-state index in [0.717, 1.165) is 5.76 Å². The summed E-state index contributed by atoms with van der Waals surface area (Å²) < 4.78 is 6.40. The van der Waals surface area contributed by atoms with Crippen molar-refractivity contribution in [3.8, 4) is 0 Å². The predicted octanol–water partition coefficient (Wildman–Crippen LogP) is 5.18. The fraction of sp³-hybridized carbons (Fsp3) is 0.300. The molecule has 21 heavy (non-hydrogen) atoms. The van der Waals surface area contributed by atoms with Crippen LogP contribution in [0.15, 0.2) is 72.0 Å². The lowest BCUT2D eigenvalue weighted by Crippen LogP contribution is -2.43. The minimum Gasteiger partial charge on any atom is -0.486 e. The van der Waals surface area contributed by atoms with Crippen molar-refractivity contribution in [1.82, 2.24) is 0 Å². The second-order valence-corrected chi connectivity index (χ2v) is 6.17. The highest BCUT2D eigenvalue weighted by molar-refractivity contribution is 5.47. The maximum absolute atomic E-state index is 6.40. The van der Waals surface area contributed by atoms with Crippen LogP contribution in [0.2, 0.25) is 0 Å². The summed E-state index contributed by atoms with van der Waals surface area (Å²) in [6.45, 7) is 8.76. The van der Waals surface area contributed by atoms with E-state index in [9.17, 15) is 0 Å². The molecule has 2 unspecified atom stereocenters. The smallest absolute Gasteiger partial charge is 0.144 e. The Balaban J connectivity index is 2.23. The van der Waals surface area contributed by atoms with E-state index in [1.807, 2.05) is 0 Å². The van der Waals surface area contributed by atoms with Crippen molar-refractivity contribution < 1.29 is 4.74 Å². The molecule has 2 aromatic carbocycles. The molecule has 0 aliphatic carbocycles. The van der Waals surface area contributed by atoms with Crippen LogP contribution in [0.5, 0.6) is 0 Å². The standard InChI is InChI=1S/C20H22O/c1-15-16(2)21-20(4,18-13-9-6-10-14-18)19(15,3)17-11-7-5-8-12-17/h5-14H,1-4H3. The van der Waals surface area contributed by atoms with Crippen LogP contribution >= 0.6 is 0 Å². The summed E-state index contributed by atoms with van der Waals surface area (Å²) in [7, 11) is 0. The van der Waals surface area contributed by atoms with E-state index in [4.69, 9.17) is 4.74 Å². The Hall–Kier alpha value is -2.02. The van der Waals surface area contributed by atoms with E-state index in [1.54, 1.807) is 0 Å². The third kappa shape index (κ3) is 1.84. The maximum Gasteiger partial charge on any atom is 0.144 e. The number of hydrogen-bond donors (Lipinski definition) is 0. The first-order chi connectivity index (χ1) is 10.00. The lowest BCUT2D eigenvalue weighted by molar-refractivity contribution is -0.00512. The van der Waals surface area contributed by atoms with E-state index >= 15 is 0 Å². The van der Waals surface area contributed by atoms with Gasteiger partial charge in [-0.25, -0.2) is 0 Å². The molecule has 108 valence electrons. The van der Waals surface area contributed by atoms with Crippen molar-refractivity contribution in [2.45, 2.75) is 38.7 Å². The summed E-state index contributed by atoms with van der Waals surface area (Å²) in [4.78, 5) is 0. The van der Waals surface area contributed by atoms with E-state index in [1.165, 1.54) is 16.7 Å². The van der Waals surface area contributed by atoms with Crippen LogP contribution in [0.4, 0.5) is 0 Å². The molecule has 0 bridgehead atoms. The molecular formula is C20H22O. The SMILES string of the molecule is CC1=C(C)C(C)(c2ccccc2)C(C)(c2ccccc2)O1.